The number of furan rings is 1. The molecule has 1 aromatic heterocycles. The Labute approximate surface area is 297 Å². The Morgan fingerprint density at radius 1 is 0.980 bits per heavy atom. The topological polar surface area (TPSA) is 194 Å². The lowest BCUT2D eigenvalue weighted by molar-refractivity contribution is -0.171. The number of hydrogen-bond acceptors (Lipinski definition) is 9. The summed E-state index contributed by atoms with van der Waals surface area (Å²) in [5.74, 6) is -1.81. The number of nitrogens with one attached hydrogen (secondary N) is 2. The summed E-state index contributed by atoms with van der Waals surface area (Å²) in [6, 6.07) is 11.1. The molecule has 3 aromatic rings. The van der Waals surface area contributed by atoms with E-state index in [4.69, 9.17) is 18.7 Å². The van der Waals surface area contributed by atoms with Gasteiger partial charge in [0.15, 0.2) is 5.76 Å². The van der Waals surface area contributed by atoms with Crippen LogP contribution < -0.4 is 25.4 Å². The Morgan fingerprint density at radius 2 is 1.73 bits per heavy atom. The van der Waals surface area contributed by atoms with E-state index < -0.39 is 37.3 Å². The number of nitrogens with zero attached hydrogens (tertiary/aromatic N) is 1. The van der Waals surface area contributed by atoms with E-state index in [0.29, 0.717) is 42.5 Å². The number of ether oxygens (including phenoxy) is 2. The summed E-state index contributed by atoms with van der Waals surface area (Å²) in [5, 5.41) is 5.90. The van der Waals surface area contributed by atoms with Crippen molar-refractivity contribution in [3.05, 3.63) is 65.4 Å². The summed E-state index contributed by atoms with van der Waals surface area (Å²) in [4.78, 5) is 77.1. The Balaban J connectivity index is 1.73. The van der Waals surface area contributed by atoms with E-state index in [2.05, 4.69) is 10.6 Å². The van der Waals surface area contributed by atoms with Crippen LogP contribution in [0.25, 0.3) is 11.3 Å². The summed E-state index contributed by atoms with van der Waals surface area (Å²) >= 11 is 0. The molecule has 0 aliphatic carbocycles. The molecule has 3 rings (SSSR count). The highest BCUT2D eigenvalue weighted by Gasteiger charge is 2.34. The molecular weight excluding hydrogens is 681 g/mol. The van der Waals surface area contributed by atoms with E-state index in [1.807, 2.05) is 20.8 Å². The molecule has 0 bridgehead atoms. The molecule has 4 N–H and O–H groups in total. The first-order valence-corrected chi connectivity index (χ1v) is 18.5. The zero-order chi connectivity index (χ0) is 37.7. The van der Waals surface area contributed by atoms with Gasteiger partial charge in [-0.15, -0.1) is 0 Å². The highest BCUT2D eigenvalue weighted by Crippen LogP contribution is 2.37. The number of benzene rings is 2. The van der Waals surface area contributed by atoms with Gasteiger partial charge in [0.05, 0.1) is 43.2 Å². The number of amides is 3. The Kier molecular flexibility index (Phi) is 15.3. The molecule has 15 heteroatoms. The molecule has 0 fully saturated rings. The zero-order valence-corrected chi connectivity index (χ0v) is 30.7. The van der Waals surface area contributed by atoms with Gasteiger partial charge in [0, 0.05) is 5.56 Å². The van der Waals surface area contributed by atoms with Crippen LogP contribution in [-0.4, -0.2) is 65.5 Å². The summed E-state index contributed by atoms with van der Waals surface area (Å²) < 4.78 is 28.3. The first-order valence-electron chi connectivity index (χ1n) is 16.9. The van der Waals surface area contributed by atoms with Crippen molar-refractivity contribution in [3.8, 4) is 22.8 Å². The van der Waals surface area contributed by atoms with E-state index in [1.165, 1.54) is 37.4 Å². The molecule has 51 heavy (non-hydrogen) atoms. The predicted octanol–water partition coefficient (Wildman–Crippen LogP) is 5.29. The number of unbranched alkanes of at least 4 members (excludes halogenated alkanes) is 2. The third kappa shape index (κ3) is 11.2. The molecule has 14 nitrogen and oxygen atoms in total. The maximum atomic E-state index is 13.6. The van der Waals surface area contributed by atoms with Gasteiger partial charge in [-0.3, -0.25) is 18.9 Å². The second-order valence-electron chi connectivity index (χ2n) is 12.1. The minimum Gasteiger partial charge on any atom is -0.497 e. The van der Waals surface area contributed by atoms with Crippen molar-refractivity contribution < 1.29 is 52.3 Å². The molecule has 278 valence electrons. The van der Waals surface area contributed by atoms with Crippen LogP contribution in [0.1, 0.15) is 99.1 Å². The lowest BCUT2D eigenvalue weighted by Gasteiger charge is -2.32. The van der Waals surface area contributed by atoms with Gasteiger partial charge in [0.25, 0.3) is 5.91 Å². The highest BCUT2D eigenvalue weighted by molar-refractivity contribution is 7.60. The van der Waals surface area contributed by atoms with Gasteiger partial charge < -0.3 is 39.1 Å². The molecule has 0 radical (unpaired) electrons. The van der Waals surface area contributed by atoms with E-state index in [1.54, 1.807) is 32.0 Å². The number of hydroxylamine groups is 2. The zero-order valence-electron chi connectivity index (χ0n) is 29.8. The Bertz CT molecular complexity index is 1700. The van der Waals surface area contributed by atoms with Crippen LogP contribution in [0.5, 0.6) is 11.5 Å². The molecule has 1 heterocycles. The predicted molar refractivity (Wildman–Crippen MR) is 190 cm³/mol. The maximum Gasteiger partial charge on any atom is 0.363 e. The van der Waals surface area contributed by atoms with Crippen LogP contribution in [-0.2, 0) is 19.0 Å². The first kappa shape index (κ1) is 40.8. The lowest BCUT2D eigenvalue weighted by Crippen LogP contribution is -2.49. The third-order valence-corrected chi connectivity index (χ3v) is 9.15. The maximum absolute atomic E-state index is 13.6. The normalized spacial score (nSPS) is 12.5. The minimum atomic E-state index is -4.61. The van der Waals surface area contributed by atoms with Crippen LogP contribution in [0.3, 0.4) is 0 Å². The molecule has 0 unspecified atom stereocenters. The van der Waals surface area contributed by atoms with Crippen molar-refractivity contribution in [2.24, 2.45) is 5.92 Å². The fourth-order valence-corrected chi connectivity index (χ4v) is 6.19. The van der Waals surface area contributed by atoms with Crippen molar-refractivity contribution in [1.29, 1.82) is 0 Å². The molecule has 0 aliphatic heterocycles. The van der Waals surface area contributed by atoms with Crippen LogP contribution in [0, 0.1) is 5.92 Å². The SMILES string of the molecule is CCCCC[C@@H](C(=O)NCNC(=O)c1ccc(-c2cc(OCC)cc(P(=O)(O)O)c2)o1)[C@@H](CC)N(C=O)OC(=O)c1ccc(OC)cc1C(C)C. The molecule has 0 aliphatic rings. The largest absolute Gasteiger partial charge is 0.497 e. The molecule has 2 aromatic carbocycles. The lowest BCUT2D eigenvalue weighted by atomic mass is 9.90. The fourth-order valence-electron chi connectivity index (χ4n) is 5.59. The van der Waals surface area contributed by atoms with Crippen LogP contribution in [0.4, 0.5) is 0 Å². The second-order valence-corrected chi connectivity index (χ2v) is 13.7. The third-order valence-electron chi connectivity index (χ3n) is 8.22. The highest BCUT2D eigenvalue weighted by atomic mass is 31.2. The van der Waals surface area contributed by atoms with Crippen LogP contribution in [0.15, 0.2) is 52.9 Å². The number of rotatable bonds is 20. The molecule has 0 saturated heterocycles. The quantitative estimate of drug-likeness (QED) is 0.0388. The van der Waals surface area contributed by atoms with Crippen molar-refractivity contribution in [2.45, 2.75) is 78.7 Å². The number of hydrogen-bond donors (Lipinski definition) is 4. The summed E-state index contributed by atoms with van der Waals surface area (Å²) in [7, 11) is -3.08. The number of carbonyl (C=O) groups is 4. The smallest absolute Gasteiger partial charge is 0.363 e. The monoisotopic (exact) mass is 729 g/mol. The minimum absolute atomic E-state index is 0.0443. The van der Waals surface area contributed by atoms with Gasteiger partial charge >= 0.3 is 13.6 Å². The molecule has 0 saturated carbocycles. The van der Waals surface area contributed by atoms with Crippen molar-refractivity contribution >= 4 is 37.1 Å². The van der Waals surface area contributed by atoms with E-state index in [0.717, 1.165) is 17.9 Å². The average molecular weight is 730 g/mol. The molecular formula is C36H48N3O11P. The van der Waals surface area contributed by atoms with Crippen molar-refractivity contribution in [2.75, 3.05) is 20.4 Å². The van der Waals surface area contributed by atoms with Crippen LogP contribution >= 0.6 is 7.60 Å². The first-order chi connectivity index (χ1) is 24.3. The fraction of sp³-hybridized carbons (Fsp3) is 0.444. The van der Waals surface area contributed by atoms with Gasteiger partial charge in [0.2, 0.25) is 12.3 Å². The van der Waals surface area contributed by atoms with Gasteiger partial charge in [-0.25, -0.2) is 4.79 Å². The van der Waals surface area contributed by atoms with Gasteiger partial charge in [-0.05, 0) is 79.8 Å². The summed E-state index contributed by atoms with van der Waals surface area (Å²) in [6.45, 7) is 9.36. The summed E-state index contributed by atoms with van der Waals surface area (Å²) in [6.07, 6.45) is 3.50. The molecule has 3 amide bonds. The van der Waals surface area contributed by atoms with E-state index in [9.17, 15) is 33.5 Å². The average Bonchev–Trinajstić information content (AvgIpc) is 3.60. The summed E-state index contributed by atoms with van der Waals surface area (Å²) in [5.41, 5.74) is 1.24. The Morgan fingerprint density at radius 3 is 2.33 bits per heavy atom. The second kappa shape index (κ2) is 19.1. The van der Waals surface area contributed by atoms with Gasteiger partial charge in [0.1, 0.15) is 17.3 Å². The molecule has 0 spiro atoms. The molecule has 2 atom stereocenters. The standard InChI is InChI=1S/C36H48N3O11P/c1-7-10-11-12-29(31(8-2)39(22-40)50-36(43)28-14-13-25(47-6)20-30(28)23(4)5)34(41)37-21-38-35(42)33-16-15-32(49-33)24-17-26(48-9-3)19-27(18-24)51(44,45)46/h13-20,22-23,29,31H,7-12,21H2,1-6H3,(H,37,41)(H,38,42)(H2,44,45,46)/t29-,31-/m1/s1. The van der Waals surface area contributed by atoms with Gasteiger partial charge in [-0.1, -0.05) is 47.0 Å². The van der Waals surface area contributed by atoms with Crippen molar-refractivity contribution in [1.82, 2.24) is 15.7 Å². The Hall–Kier alpha value is -4.65. The van der Waals surface area contributed by atoms with Gasteiger partial charge in [-0.2, -0.15) is 5.06 Å². The number of methoxy groups -OCH3 is 1. The van der Waals surface area contributed by atoms with Crippen LogP contribution in [0.2, 0.25) is 0 Å². The van der Waals surface area contributed by atoms with E-state index >= 15 is 0 Å². The number of carbonyl (C=O) groups excluding carboxylic acids is 4. The van der Waals surface area contributed by atoms with Crippen molar-refractivity contribution in [3.63, 3.8) is 0 Å². The van der Waals surface area contributed by atoms with E-state index in [-0.39, 0.29) is 47.3 Å².